The summed E-state index contributed by atoms with van der Waals surface area (Å²) in [7, 11) is 0. The van der Waals surface area contributed by atoms with Crippen LogP contribution in [-0.4, -0.2) is 17.1 Å². The van der Waals surface area contributed by atoms with Crippen LogP contribution in [0.2, 0.25) is 0 Å². The zero-order chi connectivity index (χ0) is 16.4. The standard InChI is InChI=1S/C15H12N4O3S/c16-13(20)19(9-5-2-1-3-6-9)15-18-12-10(22-14(17)21)7-4-8-11(12)23-15/h1-8H,(H2,16,20)(H2,17,21). The van der Waals surface area contributed by atoms with Crippen molar-refractivity contribution in [2.24, 2.45) is 11.5 Å². The predicted molar refractivity (Wildman–Crippen MR) is 88.0 cm³/mol. The zero-order valence-corrected chi connectivity index (χ0v) is 12.6. The van der Waals surface area contributed by atoms with Crippen LogP contribution in [0.4, 0.5) is 20.4 Å². The molecule has 0 radical (unpaired) electrons. The zero-order valence-electron chi connectivity index (χ0n) is 11.8. The SMILES string of the molecule is NC(=O)Oc1cccc2sc(N(C(N)=O)c3ccccc3)nc12. The number of urea groups is 1. The van der Waals surface area contributed by atoms with Gasteiger partial charge in [0.1, 0.15) is 5.52 Å². The number of anilines is 2. The molecule has 2 aromatic carbocycles. The lowest BCUT2D eigenvalue weighted by Crippen LogP contribution is -2.31. The fourth-order valence-electron chi connectivity index (χ4n) is 2.11. The second kappa shape index (κ2) is 5.93. The van der Waals surface area contributed by atoms with Gasteiger partial charge >= 0.3 is 12.1 Å². The topological polar surface area (TPSA) is 112 Å². The molecule has 23 heavy (non-hydrogen) atoms. The first-order chi connectivity index (χ1) is 11.1. The summed E-state index contributed by atoms with van der Waals surface area (Å²) in [6.45, 7) is 0. The minimum absolute atomic E-state index is 0.231. The number of para-hydroxylation sites is 2. The molecule has 0 unspecified atom stereocenters. The quantitative estimate of drug-likeness (QED) is 0.769. The van der Waals surface area contributed by atoms with Gasteiger partial charge in [-0.05, 0) is 24.3 Å². The molecule has 0 aliphatic heterocycles. The first-order valence-electron chi connectivity index (χ1n) is 6.57. The Balaban J connectivity index is 2.11. The van der Waals surface area contributed by atoms with Gasteiger partial charge in [-0.25, -0.2) is 19.5 Å². The largest absolute Gasteiger partial charge is 0.410 e. The molecule has 116 valence electrons. The number of hydrogen-bond donors (Lipinski definition) is 2. The smallest absolute Gasteiger partial charge is 0.408 e. The summed E-state index contributed by atoms with van der Waals surface area (Å²) in [5.41, 5.74) is 11.6. The Morgan fingerprint density at radius 3 is 2.43 bits per heavy atom. The Morgan fingerprint density at radius 1 is 1.04 bits per heavy atom. The van der Waals surface area contributed by atoms with E-state index in [1.54, 1.807) is 42.5 Å². The lowest BCUT2D eigenvalue weighted by molar-refractivity contribution is 0.211. The Morgan fingerprint density at radius 2 is 1.78 bits per heavy atom. The van der Waals surface area contributed by atoms with E-state index in [4.69, 9.17) is 16.2 Å². The van der Waals surface area contributed by atoms with E-state index in [0.29, 0.717) is 16.3 Å². The average molecular weight is 328 g/mol. The van der Waals surface area contributed by atoms with Crippen LogP contribution in [0.25, 0.3) is 10.2 Å². The van der Waals surface area contributed by atoms with Crippen molar-refractivity contribution in [1.82, 2.24) is 4.98 Å². The van der Waals surface area contributed by atoms with Crippen LogP contribution < -0.4 is 21.1 Å². The highest BCUT2D eigenvalue weighted by Gasteiger charge is 2.20. The fraction of sp³-hybridized carbons (Fsp3) is 0. The van der Waals surface area contributed by atoms with Crippen molar-refractivity contribution < 1.29 is 14.3 Å². The summed E-state index contributed by atoms with van der Waals surface area (Å²) in [5, 5.41) is 0.374. The number of fused-ring (bicyclic) bond motifs is 1. The number of carbonyl (C=O) groups is 2. The molecular weight excluding hydrogens is 316 g/mol. The highest BCUT2D eigenvalue weighted by molar-refractivity contribution is 7.22. The number of primary amides is 2. The van der Waals surface area contributed by atoms with Crippen LogP contribution in [0.3, 0.4) is 0 Å². The molecular formula is C15H12N4O3S. The van der Waals surface area contributed by atoms with Crippen LogP contribution >= 0.6 is 11.3 Å². The van der Waals surface area contributed by atoms with Gasteiger partial charge in [0, 0.05) is 0 Å². The molecule has 0 spiro atoms. The summed E-state index contributed by atoms with van der Waals surface area (Å²) < 4.78 is 5.67. The molecule has 3 rings (SSSR count). The van der Waals surface area contributed by atoms with Gasteiger partial charge in [-0.3, -0.25) is 0 Å². The number of benzene rings is 2. The lowest BCUT2D eigenvalue weighted by atomic mass is 10.3. The molecule has 0 aliphatic rings. The molecule has 0 saturated heterocycles. The highest BCUT2D eigenvalue weighted by Crippen LogP contribution is 2.36. The number of thiazole rings is 1. The first kappa shape index (κ1) is 14.8. The maximum Gasteiger partial charge on any atom is 0.410 e. The van der Waals surface area contributed by atoms with Crippen LogP contribution in [0, 0.1) is 0 Å². The highest BCUT2D eigenvalue weighted by atomic mass is 32.1. The van der Waals surface area contributed by atoms with Crippen molar-refractivity contribution in [2.75, 3.05) is 4.90 Å². The maximum absolute atomic E-state index is 11.8. The van der Waals surface area contributed by atoms with Gasteiger partial charge in [0.2, 0.25) is 0 Å². The van der Waals surface area contributed by atoms with Crippen molar-refractivity contribution >= 4 is 44.5 Å². The number of nitrogens with two attached hydrogens (primary N) is 2. The van der Waals surface area contributed by atoms with E-state index in [1.165, 1.54) is 16.2 Å². The molecule has 7 nitrogen and oxygen atoms in total. The minimum atomic E-state index is -0.929. The summed E-state index contributed by atoms with van der Waals surface area (Å²) in [6, 6.07) is 13.3. The summed E-state index contributed by atoms with van der Waals surface area (Å²) in [4.78, 5) is 28.5. The molecule has 3 amide bonds. The number of aromatic nitrogens is 1. The number of ether oxygens (including phenoxy) is 1. The predicted octanol–water partition coefficient (Wildman–Crippen LogP) is 2.97. The van der Waals surface area contributed by atoms with Crippen molar-refractivity contribution in [1.29, 1.82) is 0 Å². The summed E-state index contributed by atoms with van der Waals surface area (Å²) in [5.74, 6) is 0.231. The van der Waals surface area contributed by atoms with Gasteiger partial charge in [0.15, 0.2) is 10.9 Å². The lowest BCUT2D eigenvalue weighted by Gasteiger charge is -2.16. The Labute approximate surface area is 135 Å². The van der Waals surface area contributed by atoms with Crippen molar-refractivity contribution in [3.8, 4) is 5.75 Å². The number of amides is 3. The van der Waals surface area contributed by atoms with E-state index in [1.807, 2.05) is 6.07 Å². The summed E-state index contributed by atoms with van der Waals surface area (Å²) in [6.07, 6.45) is -0.929. The van der Waals surface area contributed by atoms with Crippen LogP contribution in [0.5, 0.6) is 5.75 Å². The Bertz CT molecular complexity index is 879. The van der Waals surface area contributed by atoms with Gasteiger partial charge in [0.05, 0.1) is 10.4 Å². The number of rotatable bonds is 3. The minimum Gasteiger partial charge on any atom is -0.408 e. The summed E-state index contributed by atoms with van der Waals surface area (Å²) >= 11 is 1.25. The molecule has 8 heteroatoms. The van der Waals surface area contributed by atoms with E-state index in [0.717, 1.165) is 4.70 Å². The number of hydrogen-bond acceptors (Lipinski definition) is 5. The third-order valence-corrected chi connectivity index (χ3v) is 4.01. The van der Waals surface area contributed by atoms with Crippen LogP contribution in [-0.2, 0) is 0 Å². The molecule has 4 N–H and O–H groups in total. The first-order valence-corrected chi connectivity index (χ1v) is 7.39. The average Bonchev–Trinajstić information content (AvgIpc) is 2.92. The number of carbonyl (C=O) groups excluding carboxylic acids is 2. The third-order valence-electron chi connectivity index (χ3n) is 3.01. The second-order valence-electron chi connectivity index (χ2n) is 4.53. The number of nitrogens with zero attached hydrogens (tertiary/aromatic N) is 2. The van der Waals surface area contributed by atoms with Gasteiger partial charge in [-0.1, -0.05) is 35.6 Å². The van der Waals surface area contributed by atoms with E-state index < -0.39 is 12.1 Å². The van der Waals surface area contributed by atoms with Gasteiger partial charge in [-0.15, -0.1) is 0 Å². The molecule has 1 heterocycles. The molecule has 0 saturated carbocycles. The van der Waals surface area contributed by atoms with E-state index in [-0.39, 0.29) is 5.75 Å². The second-order valence-corrected chi connectivity index (χ2v) is 5.54. The van der Waals surface area contributed by atoms with Crippen LogP contribution in [0.1, 0.15) is 0 Å². The van der Waals surface area contributed by atoms with Gasteiger partial charge < -0.3 is 16.2 Å². The molecule has 0 bridgehead atoms. The fourth-order valence-corrected chi connectivity index (χ4v) is 3.12. The normalized spacial score (nSPS) is 10.4. The van der Waals surface area contributed by atoms with Gasteiger partial charge in [0.25, 0.3) is 0 Å². The van der Waals surface area contributed by atoms with Crippen LogP contribution in [0.15, 0.2) is 48.5 Å². The van der Waals surface area contributed by atoms with Gasteiger partial charge in [-0.2, -0.15) is 0 Å². The molecule has 0 atom stereocenters. The van der Waals surface area contributed by atoms with E-state index in [9.17, 15) is 9.59 Å². The van der Waals surface area contributed by atoms with Crippen molar-refractivity contribution in [3.63, 3.8) is 0 Å². The van der Waals surface area contributed by atoms with E-state index >= 15 is 0 Å². The molecule has 3 aromatic rings. The Hall–Kier alpha value is -3.13. The molecule has 0 fully saturated rings. The van der Waals surface area contributed by atoms with Crippen molar-refractivity contribution in [2.45, 2.75) is 0 Å². The van der Waals surface area contributed by atoms with Crippen molar-refractivity contribution in [3.05, 3.63) is 48.5 Å². The monoisotopic (exact) mass is 328 g/mol. The third kappa shape index (κ3) is 2.92. The molecule has 1 aromatic heterocycles. The Kier molecular flexibility index (Phi) is 3.82. The molecule has 0 aliphatic carbocycles. The van der Waals surface area contributed by atoms with E-state index in [2.05, 4.69) is 4.98 Å². The maximum atomic E-state index is 11.8.